The molecule has 25 heavy (non-hydrogen) atoms. The first-order valence-electron chi connectivity index (χ1n) is 9.04. The fraction of sp³-hybridized carbons (Fsp3) is 0.579. The number of ether oxygens (including phenoxy) is 1. The van der Waals surface area contributed by atoms with Crippen molar-refractivity contribution in [2.24, 2.45) is 5.73 Å². The first kappa shape index (κ1) is 16.8. The second kappa shape index (κ2) is 6.56. The maximum atomic E-state index is 12.6. The summed E-state index contributed by atoms with van der Waals surface area (Å²) < 4.78 is 5.87. The Hall–Kier alpha value is -1.69. The van der Waals surface area contributed by atoms with Crippen molar-refractivity contribution in [1.29, 1.82) is 0 Å². The molecule has 0 radical (unpaired) electrons. The predicted octanol–water partition coefficient (Wildman–Crippen LogP) is 2.56. The molecular formula is C19H24N2O3S. The number of hydrogen-bond donors (Lipinski definition) is 1. The lowest BCUT2D eigenvalue weighted by molar-refractivity contribution is -0.137. The third kappa shape index (κ3) is 3.01. The fourth-order valence-corrected chi connectivity index (χ4v) is 6.20. The van der Waals surface area contributed by atoms with Crippen molar-refractivity contribution in [2.45, 2.75) is 61.6 Å². The van der Waals surface area contributed by atoms with Gasteiger partial charge in [0.25, 0.3) is 0 Å². The molecule has 0 bridgehead atoms. The summed E-state index contributed by atoms with van der Waals surface area (Å²) in [5.41, 5.74) is 7.98. The highest BCUT2D eigenvalue weighted by Crippen LogP contribution is 2.47. The molecule has 5 nitrogen and oxygen atoms in total. The summed E-state index contributed by atoms with van der Waals surface area (Å²) in [4.78, 5) is 26.1. The fourth-order valence-electron chi connectivity index (χ4n) is 4.40. The van der Waals surface area contributed by atoms with Gasteiger partial charge in [-0.1, -0.05) is 12.1 Å². The molecule has 3 aliphatic rings. The van der Waals surface area contributed by atoms with E-state index in [0.717, 1.165) is 31.6 Å². The molecule has 134 valence electrons. The van der Waals surface area contributed by atoms with Gasteiger partial charge in [0.05, 0.1) is 12.0 Å². The van der Waals surface area contributed by atoms with Crippen LogP contribution in [0.15, 0.2) is 18.2 Å². The molecule has 0 aromatic heterocycles. The zero-order valence-corrected chi connectivity index (χ0v) is 15.3. The second-order valence-electron chi connectivity index (χ2n) is 7.25. The molecule has 0 saturated carbocycles. The van der Waals surface area contributed by atoms with Crippen LogP contribution in [-0.2, 0) is 9.59 Å². The minimum atomic E-state index is -0.423. The molecular weight excluding hydrogens is 336 g/mol. The summed E-state index contributed by atoms with van der Waals surface area (Å²) in [6.07, 6.45) is 3.86. The smallest absolute Gasteiger partial charge is 0.240 e. The van der Waals surface area contributed by atoms with E-state index in [9.17, 15) is 9.59 Å². The van der Waals surface area contributed by atoms with E-state index in [1.54, 1.807) is 4.90 Å². The molecule has 3 aliphatic heterocycles. The zero-order chi connectivity index (χ0) is 17.6. The number of carbonyl (C=O) groups excluding carboxylic acids is 2. The van der Waals surface area contributed by atoms with Crippen molar-refractivity contribution in [3.63, 3.8) is 0 Å². The summed E-state index contributed by atoms with van der Waals surface area (Å²) in [6.45, 7) is 2.80. The van der Waals surface area contributed by atoms with Gasteiger partial charge in [-0.15, -0.1) is 11.8 Å². The van der Waals surface area contributed by atoms with E-state index < -0.39 is 6.04 Å². The van der Waals surface area contributed by atoms with Crippen LogP contribution in [0.1, 0.15) is 49.1 Å². The van der Waals surface area contributed by atoms with Crippen LogP contribution in [0, 0.1) is 6.92 Å². The molecule has 2 fully saturated rings. The monoisotopic (exact) mass is 360 g/mol. The van der Waals surface area contributed by atoms with E-state index in [1.807, 2.05) is 11.8 Å². The van der Waals surface area contributed by atoms with E-state index in [-0.39, 0.29) is 17.2 Å². The Bertz CT molecular complexity index is 708. The van der Waals surface area contributed by atoms with Crippen LogP contribution < -0.4 is 10.5 Å². The molecule has 1 aromatic rings. The van der Waals surface area contributed by atoms with Crippen molar-refractivity contribution in [3.05, 3.63) is 29.3 Å². The molecule has 3 heterocycles. The van der Waals surface area contributed by atoms with Crippen LogP contribution in [0.5, 0.6) is 5.75 Å². The van der Waals surface area contributed by atoms with E-state index in [0.29, 0.717) is 24.0 Å². The van der Waals surface area contributed by atoms with Crippen LogP contribution in [0.3, 0.4) is 0 Å². The number of amides is 2. The van der Waals surface area contributed by atoms with Crippen LogP contribution in [0.25, 0.3) is 0 Å². The third-order valence-corrected chi connectivity index (χ3v) is 7.32. The SMILES string of the molecule is Cc1ccc2c(c1)OCC[C@H]2C1CCC(=O)N2C(CCC2C(N)=O)S1. The second-order valence-corrected chi connectivity index (χ2v) is 8.67. The van der Waals surface area contributed by atoms with Gasteiger partial charge in [-0.2, -0.15) is 0 Å². The van der Waals surface area contributed by atoms with Gasteiger partial charge < -0.3 is 15.4 Å². The van der Waals surface area contributed by atoms with Gasteiger partial charge in [0.15, 0.2) is 0 Å². The Kier molecular flexibility index (Phi) is 4.40. The Morgan fingerprint density at radius 3 is 2.92 bits per heavy atom. The van der Waals surface area contributed by atoms with Crippen molar-refractivity contribution >= 4 is 23.6 Å². The van der Waals surface area contributed by atoms with Gasteiger partial charge in [0.1, 0.15) is 11.8 Å². The summed E-state index contributed by atoms with van der Waals surface area (Å²) in [7, 11) is 0. The van der Waals surface area contributed by atoms with E-state index in [4.69, 9.17) is 10.5 Å². The van der Waals surface area contributed by atoms with Crippen molar-refractivity contribution in [1.82, 2.24) is 4.90 Å². The third-order valence-electron chi connectivity index (χ3n) is 5.63. The number of fused-ring (bicyclic) bond motifs is 2. The first-order valence-corrected chi connectivity index (χ1v) is 9.98. The largest absolute Gasteiger partial charge is 0.493 e. The summed E-state index contributed by atoms with van der Waals surface area (Å²) >= 11 is 1.86. The first-order chi connectivity index (χ1) is 12.0. The van der Waals surface area contributed by atoms with Gasteiger partial charge in [0.2, 0.25) is 11.8 Å². The average molecular weight is 360 g/mol. The quantitative estimate of drug-likeness (QED) is 0.880. The standard InChI is InChI=1S/C19H24N2O3S/c1-11-2-3-12-13(8-9-24-15(12)10-11)16-5-6-17(22)21-14(19(20)23)4-7-18(21)25-16/h2-3,10,13-14,16,18H,4-9H2,1H3,(H2,20,23)/t13-,14?,16?,18?/m1/s1. The van der Waals surface area contributed by atoms with E-state index >= 15 is 0 Å². The molecule has 2 N–H and O–H groups in total. The molecule has 3 unspecified atom stereocenters. The lowest BCUT2D eigenvalue weighted by atomic mass is 9.87. The predicted molar refractivity (Wildman–Crippen MR) is 97.5 cm³/mol. The number of thioether (sulfide) groups is 1. The lowest BCUT2D eigenvalue weighted by Crippen LogP contribution is -2.45. The van der Waals surface area contributed by atoms with Gasteiger partial charge in [-0.05, 0) is 49.8 Å². The summed E-state index contributed by atoms with van der Waals surface area (Å²) in [5.74, 6) is 1.10. The minimum absolute atomic E-state index is 0.0780. The van der Waals surface area contributed by atoms with Crippen LogP contribution in [0.4, 0.5) is 0 Å². The minimum Gasteiger partial charge on any atom is -0.493 e. The van der Waals surface area contributed by atoms with Gasteiger partial charge in [-0.25, -0.2) is 0 Å². The van der Waals surface area contributed by atoms with Gasteiger partial charge in [-0.3, -0.25) is 9.59 Å². The average Bonchev–Trinajstić information content (AvgIpc) is 2.94. The number of hydrogen-bond acceptors (Lipinski definition) is 4. The summed E-state index contributed by atoms with van der Waals surface area (Å²) in [6, 6.07) is 6.01. The summed E-state index contributed by atoms with van der Waals surface area (Å²) in [5, 5.41) is 0.449. The number of aryl methyl sites for hydroxylation is 1. The molecule has 2 saturated heterocycles. The van der Waals surface area contributed by atoms with E-state index in [2.05, 4.69) is 25.1 Å². The van der Waals surface area contributed by atoms with Crippen molar-refractivity contribution in [2.75, 3.05) is 6.61 Å². The van der Waals surface area contributed by atoms with Crippen LogP contribution in [-0.4, -0.2) is 40.0 Å². The normalized spacial score (nSPS) is 31.7. The molecule has 4 rings (SSSR count). The highest BCUT2D eigenvalue weighted by atomic mass is 32.2. The maximum absolute atomic E-state index is 12.6. The highest BCUT2D eigenvalue weighted by molar-refractivity contribution is 8.00. The molecule has 4 atom stereocenters. The zero-order valence-electron chi connectivity index (χ0n) is 14.4. The molecule has 0 spiro atoms. The van der Waals surface area contributed by atoms with E-state index in [1.165, 1.54) is 11.1 Å². The Balaban J connectivity index is 1.59. The van der Waals surface area contributed by atoms with Crippen LogP contribution >= 0.6 is 11.8 Å². The Morgan fingerprint density at radius 2 is 2.12 bits per heavy atom. The number of carbonyl (C=O) groups is 2. The Morgan fingerprint density at radius 1 is 1.28 bits per heavy atom. The molecule has 1 aromatic carbocycles. The Labute approximate surface area is 152 Å². The molecule has 0 aliphatic carbocycles. The molecule has 2 amide bonds. The lowest BCUT2D eigenvalue weighted by Gasteiger charge is -2.33. The highest BCUT2D eigenvalue weighted by Gasteiger charge is 2.44. The maximum Gasteiger partial charge on any atom is 0.240 e. The van der Waals surface area contributed by atoms with Gasteiger partial charge in [0, 0.05) is 17.6 Å². The number of benzene rings is 1. The molecule has 6 heteroatoms. The number of nitrogens with zero attached hydrogens (tertiary/aromatic N) is 1. The van der Waals surface area contributed by atoms with Gasteiger partial charge >= 0.3 is 0 Å². The number of nitrogens with two attached hydrogens (primary N) is 1. The van der Waals surface area contributed by atoms with Crippen molar-refractivity contribution in [3.8, 4) is 5.75 Å². The van der Waals surface area contributed by atoms with Crippen LogP contribution in [0.2, 0.25) is 0 Å². The van der Waals surface area contributed by atoms with Crippen molar-refractivity contribution < 1.29 is 14.3 Å². The topological polar surface area (TPSA) is 72.6 Å². The number of primary amides is 1. The number of rotatable bonds is 2.